The molecule has 0 spiro atoms. The van der Waals surface area contributed by atoms with Gasteiger partial charge < -0.3 is 19.6 Å². The van der Waals surface area contributed by atoms with E-state index >= 15 is 0 Å². The molecule has 0 saturated carbocycles. The second-order valence-corrected chi connectivity index (χ2v) is 8.40. The molecule has 2 saturated heterocycles. The van der Waals surface area contributed by atoms with Gasteiger partial charge in [-0.25, -0.2) is 10.3 Å². The van der Waals surface area contributed by atoms with Crippen LogP contribution in [0.3, 0.4) is 0 Å². The maximum Gasteiger partial charge on any atom is 0.408 e. The second-order valence-electron chi connectivity index (χ2n) is 8.40. The Balaban J connectivity index is 1.50. The second kappa shape index (κ2) is 10.4. The van der Waals surface area contributed by atoms with E-state index in [0.29, 0.717) is 31.9 Å². The van der Waals surface area contributed by atoms with Gasteiger partial charge in [0, 0.05) is 38.3 Å². The molecule has 2 aromatic carbocycles. The largest absolute Gasteiger partial charge is 0.489 e. The predicted octanol–water partition coefficient (Wildman–Crippen LogP) is 1.66. The summed E-state index contributed by atoms with van der Waals surface area (Å²) in [5.41, 5.74) is 2.66. The molecule has 180 valence electrons. The first-order valence-electron chi connectivity index (χ1n) is 11.2. The first-order chi connectivity index (χ1) is 16.5. The summed E-state index contributed by atoms with van der Waals surface area (Å²) in [7, 11) is 0. The van der Waals surface area contributed by atoms with E-state index in [1.54, 1.807) is 34.6 Å². The van der Waals surface area contributed by atoms with Crippen molar-refractivity contribution >= 4 is 23.6 Å². The number of para-hydroxylation sites is 2. The number of hydroxylamine groups is 1. The van der Waals surface area contributed by atoms with E-state index in [4.69, 9.17) is 4.74 Å². The van der Waals surface area contributed by atoms with Crippen LogP contribution in [-0.2, 0) is 9.59 Å². The molecule has 4 rings (SSSR count). The number of nitrogens with one attached hydrogen (secondary N) is 1. The number of amides is 3. The molecule has 3 atom stereocenters. The topological polar surface area (TPSA) is 123 Å². The van der Waals surface area contributed by atoms with Gasteiger partial charge in [0.15, 0.2) is 0 Å². The molecule has 34 heavy (non-hydrogen) atoms. The minimum absolute atomic E-state index is 0.0696. The number of piperazine rings is 1. The number of rotatable bonds is 5. The molecule has 3 N–H and O–H groups in total. The highest BCUT2D eigenvalue weighted by atomic mass is 16.5. The standard InChI is InChI=1S/C24H28N4O6/c29-22(25-33)20-15-19(34-18-9-5-2-6-10-18)16-28(24(31)32)21(20)23(30)27-13-11-26(12-14-27)17-7-3-1-4-8-17/h1-10,19-21,33H,11-16H2,(H,25,29)(H,31,32)/t19-,20-,21-/m0/s1. The lowest BCUT2D eigenvalue weighted by Crippen LogP contribution is -2.64. The van der Waals surface area contributed by atoms with Crippen molar-refractivity contribution in [1.29, 1.82) is 0 Å². The molecule has 10 nitrogen and oxygen atoms in total. The number of nitrogens with zero attached hydrogens (tertiary/aromatic N) is 3. The Morgan fingerprint density at radius 1 is 0.912 bits per heavy atom. The SMILES string of the molecule is O=C(NO)[C@H]1C[C@H](Oc2ccccc2)CN(C(=O)O)[C@@H]1C(=O)N1CCN(c2ccccc2)CC1. The summed E-state index contributed by atoms with van der Waals surface area (Å²) in [4.78, 5) is 42.9. The van der Waals surface area contributed by atoms with Crippen LogP contribution >= 0.6 is 0 Å². The minimum atomic E-state index is -1.32. The van der Waals surface area contributed by atoms with Crippen molar-refractivity contribution in [2.75, 3.05) is 37.6 Å². The van der Waals surface area contributed by atoms with E-state index in [-0.39, 0.29) is 13.0 Å². The van der Waals surface area contributed by atoms with Crippen molar-refractivity contribution < 1.29 is 29.4 Å². The Morgan fingerprint density at radius 2 is 1.53 bits per heavy atom. The molecule has 0 radical (unpaired) electrons. The van der Waals surface area contributed by atoms with Gasteiger partial charge in [-0.2, -0.15) is 0 Å². The molecule has 0 aromatic heterocycles. The van der Waals surface area contributed by atoms with Gasteiger partial charge >= 0.3 is 6.09 Å². The van der Waals surface area contributed by atoms with Crippen LogP contribution in [0.1, 0.15) is 6.42 Å². The summed E-state index contributed by atoms with van der Waals surface area (Å²) in [5.74, 6) is -1.82. The lowest BCUT2D eigenvalue weighted by Gasteiger charge is -2.44. The van der Waals surface area contributed by atoms with Crippen molar-refractivity contribution in [3.63, 3.8) is 0 Å². The average Bonchev–Trinajstić information content (AvgIpc) is 2.88. The first-order valence-corrected chi connectivity index (χ1v) is 11.2. The molecule has 10 heteroatoms. The van der Waals surface area contributed by atoms with Gasteiger partial charge in [0.05, 0.1) is 12.5 Å². The van der Waals surface area contributed by atoms with Gasteiger partial charge in [0.2, 0.25) is 11.8 Å². The number of anilines is 1. The van der Waals surface area contributed by atoms with Crippen molar-refractivity contribution in [2.45, 2.75) is 18.6 Å². The Morgan fingerprint density at radius 3 is 2.12 bits per heavy atom. The zero-order chi connectivity index (χ0) is 24.1. The third-order valence-electron chi connectivity index (χ3n) is 6.34. The van der Waals surface area contributed by atoms with Crippen molar-refractivity contribution in [3.05, 3.63) is 60.7 Å². The van der Waals surface area contributed by atoms with Gasteiger partial charge in [-0.15, -0.1) is 0 Å². The quantitative estimate of drug-likeness (QED) is 0.451. The van der Waals surface area contributed by atoms with Crippen molar-refractivity contribution in [3.8, 4) is 5.75 Å². The zero-order valence-corrected chi connectivity index (χ0v) is 18.6. The number of hydrogen-bond acceptors (Lipinski definition) is 6. The van der Waals surface area contributed by atoms with E-state index in [0.717, 1.165) is 10.6 Å². The van der Waals surface area contributed by atoms with E-state index in [2.05, 4.69) is 4.90 Å². The van der Waals surface area contributed by atoms with Crippen molar-refractivity contribution in [1.82, 2.24) is 15.3 Å². The maximum atomic E-state index is 13.5. The van der Waals surface area contributed by atoms with Gasteiger partial charge in [-0.3, -0.25) is 19.7 Å². The smallest absolute Gasteiger partial charge is 0.408 e. The summed E-state index contributed by atoms with van der Waals surface area (Å²) in [6.45, 7) is 1.91. The van der Waals surface area contributed by atoms with E-state index in [9.17, 15) is 24.7 Å². The number of carboxylic acid groups (broad SMARTS) is 1. The van der Waals surface area contributed by atoms with Crippen LogP contribution < -0.4 is 15.1 Å². The molecule has 0 unspecified atom stereocenters. The Kier molecular flexibility index (Phi) is 7.17. The predicted molar refractivity (Wildman–Crippen MR) is 123 cm³/mol. The van der Waals surface area contributed by atoms with Crippen LogP contribution in [0.15, 0.2) is 60.7 Å². The van der Waals surface area contributed by atoms with Crippen LogP contribution in [0.4, 0.5) is 10.5 Å². The van der Waals surface area contributed by atoms with E-state index in [1.165, 1.54) is 0 Å². The first kappa shape index (κ1) is 23.4. The minimum Gasteiger partial charge on any atom is -0.489 e. The lowest BCUT2D eigenvalue weighted by atomic mass is 9.86. The summed E-state index contributed by atoms with van der Waals surface area (Å²) < 4.78 is 5.90. The molecular weight excluding hydrogens is 440 g/mol. The monoisotopic (exact) mass is 468 g/mol. The van der Waals surface area contributed by atoms with Crippen LogP contribution in [0.25, 0.3) is 0 Å². The number of piperidine rings is 1. The molecule has 2 heterocycles. The number of likely N-dealkylation sites (tertiary alicyclic amines) is 1. The third-order valence-corrected chi connectivity index (χ3v) is 6.34. The third kappa shape index (κ3) is 5.07. The van der Waals surface area contributed by atoms with Crippen LogP contribution in [0, 0.1) is 5.92 Å². The molecule has 2 fully saturated rings. The Hall–Kier alpha value is -3.79. The summed E-state index contributed by atoms with van der Waals surface area (Å²) in [6, 6.07) is 17.4. The van der Waals surface area contributed by atoms with E-state index < -0.39 is 36.0 Å². The molecule has 2 aromatic rings. The normalized spacial score (nSPS) is 22.7. The fourth-order valence-corrected chi connectivity index (χ4v) is 4.66. The number of carbonyl (C=O) groups excluding carboxylic acids is 2. The summed E-state index contributed by atoms with van der Waals surface area (Å²) in [6.07, 6.45) is -1.89. The fourth-order valence-electron chi connectivity index (χ4n) is 4.66. The van der Waals surface area contributed by atoms with Crippen molar-refractivity contribution in [2.24, 2.45) is 5.92 Å². The maximum absolute atomic E-state index is 13.5. The average molecular weight is 469 g/mol. The molecule has 2 aliphatic rings. The van der Waals surface area contributed by atoms with Crippen LogP contribution in [0.5, 0.6) is 5.75 Å². The Bertz CT molecular complexity index is 997. The number of hydrogen-bond donors (Lipinski definition) is 3. The highest BCUT2D eigenvalue weighted by Gasteiger charge is 2.48. The van der Waals surface area contributed by atoms with Gasteiger partial charge in [-0.1, -0.05) is 36.4 Å². The number of ether oxygens (including phenoxy) is 1. The molecule has 3 amide bonds. The summed E-state index contributed by atoms with van der Waals surface area (Å²) >= 11 is 0. The molecule has 2 aliphatic heterocycles. The van der Waals surface area contributed by atoms with Gasteiger partial charge in [0.25, 0.3) is 0 Å². The number of benzene rings is 2. The lowest BCUT2D eigenvalue weighted by molar-refractivity contribution is -0.150. The van der Waals surface area contributed by atoms with Gasteiger partial charge in [0.1, 0.15) is 17.9 Å². The fraction of sp³-hybridized carbons (Fsp3) is 0.375. The van der Waals surface area contributed by atoms with E-state index in [1.807, 2.05) is 36.4 Å². The Labute approximate surface area is 197 Å². The van der Waals surface area contributed by atoms with Crippen LogP contribution in [0.2, 0.25) is 0 Å². The number of carbonyl (C=O) groups is 3. The molecule has 0 bridgehead atoms. The van der Waals surface area contributed by atoms with Crippen LogP contribution in [-0.4, -0.2) is 82.9 Å². The molecule has 0 aliphatic carbocycles. The highest BCUT2D eigenvalue weighted by Crippen LogP contribution is 2.29. The van der Waals surface area contributed by atoms with Gasteiger partial charge in [-0.05, 0) is 24.3 Å². The molecular formula is C24H28N4O6. The highest BCUT2D eigenvalue weighted by molar-refractivity contribution is 5.92. The summed E-state index contributed by atoms with van der Waals surface area (Å²) in [5, 5.41) is 19.2. The zero-order valence-electron chi connectivity index (χ0n) is 18.6.